The van der Waals surface area contributed by atoms with Gasteiger partial charge in [-0.15, -0.1) is 0 Å². The van der Waals surface area contributed by atoms with E-state index in [4.69, 9.17) is 10.00 Å². The minimum absolute atomic E-state index is 0.354. The molecule has 0 N–H and O–H groups in total. The second kappa shape index (κ2) is 4.13. The first-order valence-corrected chi connectivity index (χ1v) is 4.48. The van der Waals surface area contributed by atoms with Crippen LogP contribution in [0.3, 0.4) is 0 Å². The number of rotatable bonds is 3. The average Bonchev–Trinajstić information content (AvgIpc) is 2.43. The molecular formula is C9H14N2O2. The zero-order valence-electron chi connectivity index (χ0n) is 7.99. The molecule has 72 valence electrons. The van der Waals surface area contributed by atoms with Gasteiger partial charge < -0.3 is 9.64 Å². The van der Waals surface area contributed by atoms with E-state index in [0.29, 0.717) is 19.0 Å². The van der Waals surface area contributed by atoms with Crippen molar-refractivity contribution in [2.24, 2.45) is 5.92 Å². The summed E-state index contributed by atoms with van der Waals surface area (Å²) >= 11 is 0. The van der Waals surface area contributed by atoms with Gasteiger partial charge in [-0.1, -0.05) is 13.8 Å². The molecule has 0 aromatic carbocycles. The van der Waals surface area contributed by atoms with E-state index in [-0.39, 0.29) is 6.09 Å². The summed E-state index contributed by atoms with van der Waals surface area (Å²) in [5, 5.41) is 8.53. The van der Waals surface area contributed by atoms with E-state index in [9.17, 15) is 4.79 Å². The first-order valence-electron chi connectivity index (χ1n) is 4.48. The van der Waals surface area contributed by atoms with Gasteiger partial charge in [-0.25, -0.2) is 4.79 Å². The van der Waals surface area contributed by atoms with Gasteiger partial charge in [-0.05, 0) is 12.3 Å². The number of amides is 1. The Kier molecular flexibility index (Phi) is 3.13. The fraction of sp³-hybridized carbons (Fsp3) is 0.778. The first kappa shape index (κ1) is 9.85. The number of nitriles is 1. The first-order chi connectivity index (χ1) is 6.13. The van der Waals surface area contributed by atoms with Crippen LogP contribution in [-0.4, -0.2) is 30.2 Å². The number of ether oxygens (including phenoxy) is 1. The highest BCUT2D eigenvalue weighted by atomic mass is 16.6. The molecule has 1 fully saturated rings. The van der Waals surface area contributed by atoms with Crippen molar-refractivity contribution >= 4 is 6.09 Å². The van der Waals surface area contributed by atoms with Gasteiger partial charge in [0.15, 0.2) is 0 Å². The summed E-state index contributed by atoms with van der Waals surface area (Å²) in [5.74, 6) is 0.564. The maximum atomic E-state index is 11.1. The lowest BCUT2D eigenvalue weighted by molar-refractivity contribution is 0.146. The molecule has 0 bridgehead atoms. The number of nitrogens with zero attached hydrogens (tertiary/aromatic N) is 2. The Labute approximate surface area is 78.1 Å². The minimum atomic E-state index is -0.570. The molecule has 1 aliphatic heterocycles. The zero-order chi connectivity index (χ0) is 9.84. The summed E-state index contributed by atoms with van der Waals surface area (Å²) < 4.78 is 4.78. The molecule has 1 unspecified atom stereocenters. The fourth-order valence-corrected chi connectivity index (χ4v) is 1.17. The zero-order valence-corrected chi connectivity index (χ0v) is 7.99. The topological polar surface area (TPSA) is 53.3 Å². The summed E-state index contributed by atoms with van der Waals surface area (Å²) in [6.07, 6.45) is 0.0274. The van der Waals surface area contributed by atoms with Gasteiger partial charge >= 0.3 is 6.09 Å². The van der Waals surface area contributed by atoms with Crippen molar-refractivity contribution in [2.75, 3.05) is 13.1 Å². The van der Waals surface area contributed by atoms with Crippen LogP contribution in [-0.2, 0) is 4.74 Å². The molecule has 1 heterocycles. The van der Waals surface area contributed by atoms with Crippen molar-refractivity contribution in [1.82, 2.24) is 4.90 Å². The van der Waals surface area contributed by atoms with E-state index in [1.54, 1.807) is 4.90 Å². The van der Waals surface area contributed by atoms with Gasteiger partial charge in [0.2, 0.25) is 6.10 Å². The Morgan fingerprint density at radius 1 is 1.77 bits per heavy atom. The van der Waals surface area contributed by atoms with Crippen molar-refractivity contribution in [1.29, 1.82) is 5.26 Å². The predicted octanol–water partition coefficient (Wildman–Crippen LogP) is 1.38. The van der Waals surface area contributed by atoms with Crippen LogP contribution in [0.25, 0.3) is 0 Å². The van der Waals surface area contributed by atoms with E-state index < -0.39 is 6.10 Å². The molecule has 0 aromatic heterocycles. The lowest BCUT2D eigenvalue weighted by atomic mass is 10.1. The molecule has 1 saturated heterocycles. The molecule has 0 radical (unpaired) electrons. The summed E-state index contributed by atoms with van der Waals surface area (Å²) in [5.41, 5.74) is 0. The van der Waals surface area contributed by atoms with Gasteiger partial charge in [0.05, 0.1) is 6.54 Å². The van der Waals surface area contributed by atoms with Crippen molar-refractivity contribution in [3.05, 3.63) is 0 Å². The van der Waals surface area contributed by atoms with Crippen LogP contribution in [0.15, 0.2) is 0 Å². The SMILES string of the molecule is CC(C)CCN1CC(C#N)OC1=O. The van der Waals surface area contributed by atoms with Crippen LogP contribution < -0.4 is 0 Å². The summed E-state index contributed by atoms with van der Waals surface area (Å²) in [6.45, 7) is 5.31. The molecule has 1 aliphatic rings. The molecule has 0 aromatic rings. The molecule has 1 rings (SSSR count). The standard InChI is InChI=1S/C9H14N2O2/c1-7(2)3-4-11-6-8(5-10)13-9(11)12/h7-8H,3-4,6H2,1-2H3. The third kappa shape index (κ3) is 2.62. The van der Waals surface area contributed by atoms with Crippen LogP contribution in [0.1, 0.15) is 20.3 Å². The highest BCUT2D eigenvalue weighted by Gasteiger charge is 2.30. The van der Waals surface area contributed by atoms with Crippen molar-refractivity contribution < 1.29 is 9.53 Å². The Balaban J connectivity index is 2.36. The molecule has 4 nitrogen and oxygen atoms in total. The molecule has 4 heteroatoms. The van der Waals surface area contributed by atoms with E-state index in [0.717, 1.165) is 6.42 Å². The Morgan fingerprint density at radius 2 is 2.46 bits per heavy atom. The van der Waals surface area contributed by atoms with E-state index >= 15 is 0 Å². The summed E-state index contributed by atoms with van der Waals surface area (Å²) in [6, 6.07) is 1.93. The van der Waals surface area contributed by atoms with E-state index in [1.807, 2.05) is 6.07 Å². The highest BCUT2D eigenvalue weighted by molar-refractivity contribution is 5.70. The smallest absolute Gasteiger partial charge is 0.411 e. The molecule has 0 saturated carbocycles. The summed E-state index contributed by atoms with van der Waals surface area (Å²) in [4.78, 5) is 12.7. The normalized spacial score (nSPS) is 21.8. The number of cyclic esters (lactones) is 1. The van der Waals surface area contributed by atoms with E-state index in [2.05, 4.69) is 13.8 Å². The monoisotopic (exact) mass is 182 g/mol. The Bertz CT molecular complexity index is 232. The second-order valence-electron chi connectivity index (χ2n) is 3.63. The number of carbonyl (C=O) groups excluding carboxylic acids is 1. The summed E-state index contributed by atoms with van der Waals surface area (Å²) in [7, 11) is 0. The van der Waals surface area contributed by atoms with Crippen molar-refractivity contribution in [3.8, 4) is 6.07 Å². The molecule has 0 spiro atoms. The van der Waals surface area contributed by atoms with Crippen LogP contribution in [0.2, 0.25) is 0 Å². The molecular weight excluding hydrogens is 168 g/mol. The fourth-order valence-electron chi connectivity index (χ4n) is 1.17. The van der Waals surface area contributed by atoms with Crippen molar-refractivity contribution in [3.63, 3.8) is 0 Å². The number of carbonyl (C=O) groups is 1. The third-order valence-corrected chi connectivity index (χ3v) is 2.01. The van der Waals surface area contributed by atoms with Gasteiger partial charge in [-0.2, -0.15) is 5.26 Å². The van der Waals surface area contributed by atoms with Gasteiger partial charge in [0, 0.05) is 6.54 Å². The van der Waals surface area contributed by atoms with Gasteiger partial charge in [0.1, 0.15) is 6.07 Å². The van der Waals surface area contributed by atoms with Crippen LogP contribution in [0.5, 0.6) is 0 Å². The lowest BCUT2D eigenvalue weighted by Gasteiger charge is -2.13. The maximum absolute atomic E-state index is 11.1. The number of hydrogen-bond donors (Lipinski definition) is 0. The van der Waals surface area contributed by atoms with Gasteiger partial charge in [0.25, 0.3) is 0 Å². The third-order valence-electron chi connectivity index (χ3n) is 2.01. The number of hydrogen-bond acceptors (Lipinski definition) is 3. The lowest BCUT2D eigenvalue weighted by Crippen LogP contribution is -2.26. The molecule has 13 heavy (non-hydrogen) atoms. The van der Waals surface area contributed by atoms with Crippen LogP contribution >= 0.6 is 0 Å². The predicted molar refractivity (Wildman–Crippen MR) is 46.9 cm³/mol. The van der Waals surface area contributed by atoms with Crippen LogP contribution in [0.4, 0.5) is 4.79 Å². The Morgan fingerprint density at radius 3 is 2.92 bits per heavy atom. The molecule has 1 atom stereocenters. The van der Waals surface area contributed by atoms with Crippen LogP contribution in [0, 0.1) is 17.2 Å². The largest absolute Gasteiger partial charge is 0.429 e. The molecule has 1 amide bonds. The van der Waals surface area contributed by atoms with Crippen molar-refractivity contribution in [2.45, 2.75) is 26.4 Å². The van der Waals surface area contributed by atoms with Gasteiger partial charge in [-0.3, -0.25) is 0 Å². The maximum Gasteiger partial charge on any atom is 0.411 e. The molecule has 0 aliphatic carbocycles. The second-order valence-corrected chi connectivity index (χ2v) is 3.63. The van der Waals surface area contributed by atoms with E-state index in [1.165, 1.54) is 0 Å². The quantitative estimate of drug-likeness (QED) is 0.662. The highest BCUT2D eigenvalue weighted by Crippen LogP contribution is 2.12. The average molecular weight is 182 g/mol. The minimum Gasteiger partial charge on any atom is -0.429 e. The Hall–Kier alpha value is -1.24.